The van der Waals surface area contributed by atoms with E-state index >= 15 is 0 Å². The van der Waals surface area contributed by atoms with Gasteiger partial charge in [-0.1, -0.05) is 28.1 Å². The summed E-state index contributed by atoms with van der Waals surface area (Å²) in [5.41, 5.74) is 0.715. The molecule has 0 aliphatic rings. The van der Waals surface area contributed by atoms with E-state index in [1.54, 1.807) is 42.5 Å². The first-order valence-corrected chi connectivity index (χ1v) is 8.99. The third-order valence-electron chi connectivity index (χ3n) is 4.18. The normalized spacial score (nSPS) is 11.2. The first-order chi connectivity index (χ1) is 13.1. The van der Waals surface area contributed by atoms with Crippen LogP contribution in [0.25, 0.3) is 28.1 Å². The van der Waals surface area contributed by atoms with E-state index in [1.807, 2.05) is 0 Å². The molecule has 1 N–H and O–H groups in total. The van der Waals surface area contributed by atoms with Crippen LogP contribution >= 0.6 is 15.9 Å². The Morgan fingerprint density at radius 1 is 1.11 bits per heavy atom. The number of aliphatic hydroxyl groups is 1. The highest BCUT2D eigenvalue weighted by molar-refractivity contribution is 9.10. The molecule has 0 bridgehead atoms. The molecule has 8 heteroatoms. The average molecular weight is 429 g/mol. The van der Waals surface area contributed by atoms with Crippen LogP contribution in [0.3, 0.4) is 0 Å². The zero-order valence-electron chi connectivity index (χ0n) is 14.0. The SMILES string of the molecule is O=c1c2cnn(CCO)c2nc(-c2ccccc2F)n1-c1ccc(Br)cc1. The van der Waals surface area contributed by atoms with Crippen LogP contribution in [0.5, 0.6) is 0 Å². The zero-order valence-corrected chi connectivity index (χ0v) is 15.6. The molecular formula is C19H14BrFN4O2. The van der Waals surface area contributed by atoms with Gasteiger partial charge in [0.05, 0.1) is 30.6 Å². The van der Waals surface area contributed by atoms with E-state index in [0.29, 0.717) is 16.7 Å². The molecular weight excluding hydrogens is 415 g/mol. The third kappa shape index (κ3) is 3.07. The Kier molecular flexibility index (Phi) is 4.59. The fourth-order valence-corrected chi connectivity index (χ4v) is 3.19. The molecule has 4 rings (SSSR count). The van der Waals surface area contributed by atoms with Crippen LogP contribution in [0.1, 0.15) is 0 Å². The topological polar surface area (TPSA) is 72.9 Å². The Labute approximate surface area is 161 Å². The van der Waals surface area contributed by atoms with Gasteiger partial charge in [-0.3, -0.25) is 9.36 Å². The fourth-order valence-electron chi connectivity index (χ4n) is 2.93. The summed E-state index contributed by atoms with van der Waals surface area (Å²) in [5, 5.41) is 13.6. The zero-order chi connectivity index (χ0) is 19.0. The van der Waals surface area contributed by atoms with Gasteiger partial charge in [0.1, 0.15) is 11.2 Å². The van der Waals surface area contributed by atoms with E-state index in [0.717, 1.165) is 4.47 Å². The van der Waals surface area contributed by atoms with Crippen molar-refractivity contribution in [3.63, 3.8) is 0 Å². The third-order valence-corrected chi connectivity index (χ3v) is 4.71. The van der Waals surface area contributed by atoms with Crippen LogP contribution in [0.15, 0.2) is 64.0 Å². The van der Waals surface area contributed by atoms with Crippen LogP contribution in [0.4, 0.5) is 4.39 Å². The molecule has 0 saturated heterocycles. The highest BCUT2D eigenvalue weighted by Gasteiger charge is 2.19. The number of hydrogen-bond donors (Lipinski definition) is 1. The van der Waals surface area contributed by atoms with Crippen molar-refractivity contribution in [3.05, 3.63) is 75.4 Å². The van der Waals surface area contributed by atoms with Crippen LogP contribution in [-0.4, -0.2) is 31.0 Å². The molecule has 0 aliphatic carbocycles. The number of fused-ring (bicyclic) bond motifs is 1. The second kappa shape index (κ2) is 7.05. The van der Waals surface area contributed by atoms with Crippen molar-refractivity contribution in [2.45, 2.75) is 6.54 Å². The molecule has 2 heterocycles. The Morgan fingerprint density at radius 2 is 1.85 bits per heavy atom. The summed E-state index contributed by atoms with van der Waals surface area (Å²) in [6.45, 7) is 0.0399. The summed E-state index contributed by atoms with van der Waals surface area (Å²) in [6, 6.07) is 13.3. The van der Waals surface area contributed by atoms with Crippen LogP contribution in [0.2, 0.25) is 0 Å². The number of rotatable bonds is 4. The van der Waals surface area contributed by atoms with E-state index < -0.39 is 5.82 Å². The summed E-state index contributed by atoms with van der Waals surface area (Å²) < 4.78 is 18.2. The number of nitrogens with zero attached hydrogens (tertiary/aromatic N) is 4. The van der Waals surface area contributed by atoms with E-state index in [-0.39, 0.29) is 30.1 Å². The molecule has 0 saturated carbocycles. The molecule has 0 radical (unpaired) electrons. The first-order valence-electron chi connectivity index (χ1n) is 8.20. The molecule has 0 amide bonds. The van der Waals surface area contributed by atoms with Crippen LogP contribution in [0, 0.1) is 5.82 Å². The van der Waals surface area contributed by atoms with Gasteiger partial charge in [-0.25, -0.2) is 14.1 Å². The van der Waals surface area contributed by atoms with Crippen molar-refractivity contribution >= 4 is 27.0 Å². The molecule has 4 aromatic rings. The van der Waals surface area contributed by atoms with Crippen LogP contribution < -0.4 is 5.56 Å². The smallest absolute Gasteiger partial charge is 0.269 e. The Balaban J connectivity index is 2.10. The molecule has 136 valence electrons. The number of benzene rings is 2. The summed E-state index contributed by atoms with van der Waals surface area (Å²) in [5.74, 6) is -0.310. The summed E-state index contributed by atoms with van der Waals surface area (Å²) >= 11 is 3.37. The molecule has 0 atom stereocenters. The lowest BCUT2D eigenvalue weighted by atomic mass is 10.1. The van der Waals surface area contributed by atoms with Gasteiger partial charge in [0, 0.05) is 4.47 Å². The number of hydrogen-bond acceptors (Lipinski definition) is 4. The monoisotopic (exact) mass is 428 g/mol. The van der Waals surface area contributed by atoms with Gasteiger partial charge in [0.15, 0.2) is 11.5 Å². The molecule has 0 unspecified atom stereocenters. The summed E-state index contributed by atoms with van der Waals surface area (Å²) in [4.78, 5) is 17.8. The molecule has 2 aromatic carbocycles. The van der Waals surface area contributed by atoms with E-state index in [1.165, 1.54) is 21.5 Å². The molecule has 0 aliphatic heterocycles. The van der Waals surface area contributed by atoms with Gasteiger partial charge in [0.25, 0.3) is 5.56 Å². The lowest BCUT2D eigenvalue weighted by molar-refractivity contribution is 0.271. The van der Waals surface area contributed by atoms with Crippen molar-refractivity contribution in [1.29, 1.82) is 0 Å². The van der Waals surface area contributed by atoms with Gasteiger partial charge in [-0.15, -0.1) is 0 Å². The maximum atomic E-state index is 14.5. The second-order valence-corrected chi connectivity index (χ2v) is 6.78. The highest BCUT2D eigenvalue weighted by Crippen LogP contribution is 2.25. The molecule has 6 nitrogen and oxygen atoms in total. The molecule has 0 spiro atoms. The van der Waals surface area contributed by atoms with Gasteiger partial charge in [-0.05, 0) is 36.4 Å². The van der Waals surface area contributed by atoms with E-state index in [4.69, 9.17) is 0 Å². The van der Waals surface area contributed by atoms with Crippen molar-refractivity contribution in [2.75, 3.05) is 6.61 Å². The minimum atomic E-state index is -0.483. The minimum absolute atomic E-state index is 0.150. The summed E-state index contributed by atoms with van der Waals surface area (Å²) in [6.07, 6.45) is 1.42. The largest absolute Gasteiger partial charge is 0.394 e. The van der Waals surface area contributed by atoms with Gasteiger partial charge in [-0.2, -0.15) is 5.10 Å². The maximum absolute atomic E-state index is 14.5. The van der Waals surface area contributed by atoms with Crippen molar-refractivity contribution in [2.24, 2.45) is 0 Å². The molecule has 2 aromatic heterocycles. The Morgan fingerprint density at radius 3 is 2.56 bits per heavy atom. The molecule has 27 heavy (non-hydrogen) atoms. The number of aromatic nitrogens is 4. The van der Waals surface area contributed by atoms with E-state index in [2.05, 4.69) is 26.0 Å². The lowest BCUT2D eigenvalue weighted by Gasteiger charge is -2.14. The van der Waals surface area contributed by atoms with Crippen molar-refractivity contribution < 1.29 is 9.50 Å². The van der Waals surface area contributed by atoms with Crippen molar-refractivity contribution in [3.8, 4) is 17.1 Å². The minimum Gasteiger partial charge on any atom is -0.394 e. The van der Waals surface area contributed by atoms with Crippen molar-refractivity contribution in [1.82, 2.24) is 19.3 Å². The van der Waals surface area contributed by atoms with E-state index in [9.17, 15) is 14.3 Å². The van der Waals surface area contributed by atoms with Gasteiger partial charge in [0.2, 0.25) is 0 Å². The lowest BCUT2D eigenvalue weighted by Crippen LogP contribution is -2.22. The first kappa shape index (κ1) is 17.6. The standard InChI is InChI=1S/C19H14BrFN4O2/c20-12-5-7-13(8-6-12)25-18(14-3-1-2-4-16(14)21)23-17-15(19(25)27)11-22-24(17)9-10-26/h1-8,11,26H,9-10H2. The molecule has 0 fully saturated rings. The second-order valence-electron chi connectivity index (χ2n) is 5.86. The predicted molar refractivity (Wildman–Crippen MR) is 103 cm³/mol. The number of halogens is 2. The highest BCUT2D eigenvalue weighted by atomic mass is 79.9. The summed E-state index contributed by atoms with van der Waals surface area (Å²) in [7, 11) is 0. The predicted octanol–water partition coefficient (Wildman–Crippen LogP) is 3.14. The quantitative estimate of drug-likeness (QED) is 0.541. The van der Waals surface area contributed by atoms with Crippen LogP contribution in [-0.2, 0) is 6.54 Å². The average Bonchev–Trinajstić information content (AvgIpc) is 3.07. The fraction of sp³-hybridized carbons (Fsp3) is 0.105. The Bertz CT molecular complexity index is 1180. The Hall–Kier alpha value is -2.84. The number of aliphatic hydroxyl groups excluding tert-OH is 1. The van der Waals surface area contributed by atoms with Gasteiger partial charge >= 0.3 is 0 Å². The maximum Gasteiger partial charge on any atom is 0.269 e. The van der Waals surface area contributed by atoms with Gasteiger partial charge < -0.3 is 5.11 Å².